The lowest BCUT2D eigenvalue weighted by Gasteiger charge is -2.28. The standard InChI is InChI=1S/C13H18N4O4/c14-12-11(6-10(7-15-12)17(20)21)13(19)16-5-3-1-2-4-9(16)8-18/h6-7,9,18H,1-5,8H2,(H2,14,15). The van der Waals surface area contributed by atoms with E-state index in [0.29, 0.717) is 13.0 Å². The third-order valence-corrected chi connectivity index (χ3v) is 3.69. The molecular weight excluding hydrogens is 276 g/mol. The first-order valence-corrected chi connectivity index (χ1v) is 6.86. The number of rotatable bonds is 3. The average molecular weight is 294 g/mol. The number of pyridine rings is 1. The average Bonchev–Trinajstić information content (AvgIpc) is 2.71. The summed E-state index contributed by atoms with van der Waals surface area (Å²) < 4.78 is 0. The molecule has 114 valence electrons. The number of anilines is 1. The van der Waals surface area contributed by atoms with Gasteiger partial charge in [-0.2, -0.15) is 0 Å². The van der Waals surface area contributed by atoms with E-state index in [4.69, 9.17) is 5.73 Å². The molecule has 2 heterocycles. The quantitative estimate of drug-likeness (QED) is 0.632. The van der Waals surface area contributed by atoms with Crippen molar-refractivity contribution in [1.82, 2.24) is 9.88 Å². The number of amides is 1. The molecule has 1 aliphatic heterocycles. The van der Waals surface area contributed by atoms with Crippen LogP contribution in [0.3, 0.4) is 0 Å². The molecule has 0 radical (unpaired) electrons. The molecule has 1 fully saturated rings. The van der Waals surface area contributed by atoms with Crippen LogP contribution in [0.4, 0.5) is 11.5 Å². The number of aliphatic hydroxyl groups excluding tert-OH is 1. The summed E-state index contributed by atoms with van der Waals surface area (Å²) in [6.45, 7) is 0.375. The molecule has 2 rings (SSSR count). The molecule has 8 nitrogen and oxygen atoms in total. The largest absolute Gasteiger partial charge is 0.394 e. The number of aliphatic hydroxyl groups is 1. The Morgan fingerprint density at radius 2 is 2.29 bits per heavy atom. The van der Waals surface area contributed by atoms with E-state index in [2.05, 4.69) is 4.98 Å². The van der Waals surface area contributed by atoms with Gasteiger partial charge in [-0.05, 0) is 12.8 Å². The topological polar surface area (TPSA) is 123 Å². The van der Waals surface area contributed by atoms with Gasteiger partial charge in [-0.1, -0.05) is 12.8 Å². The molecule has 0 saturated carbocycles. The summed E-state index contributed by atoms with van der Waals surface area (Å²) in [5.74, 6) is -0.448. The van der Waals surface area contributed by atoms with E-state index in [9.17, 15) is 20.0 Å². The molecule has 1 aromatic heterocycles. The first-order valence-electron chi connectivity index (χ1n) is 6.86. The van der Waals surface area contributed by atoms with Gasteiger partial charge in [0.15, 0.2) is 0 Å². The Bertz CT molecular complexity index is 549. The van der Waals surface area contributed by atoms with Crippen LogP contribution in [0.15, 0.2) is 12.3 Å². The minimum absolute atomic E-state index is 0.0181. The lowest BCUT2D eigenvalue weighted by Crippen LogP contribution is -2.42. The number of hydrogen-bond acceptors (Lipinski definition) is 6. The van der Waals surface area contributed by atoms with Crippen molar-refractivity contribution in [1.29, 1.82) is 0 Å². The highest BCUT2D eigenvalue weighted by Gasteiger charge is 2.28. The summed E-state index contributed by atoms with van der Waals surface area (Å²) >= 11 is 0. The maximum atomic E-state index is 12.6. The van der Waals surface area contributed by atoms with Crippen molar-refractivity contribution in [3.8, 4) is 0 Å². The van der Waals surface area contributed by atoms with Crippen molar-refractivity contribution in [2.24, 2.45) is 0 Å². The number of nitrogens with zero attached hydrogens (tertiary/aromatic N) is 3. The number of nitrogens with two attached hydrogens (primary N) is 1. The summed E-state index contributed by atoms with van der Waals surface area (Å²) in [4.78, 5) is 28.0. The SMILES string of the molecule is Nc1ncc([N+](=O)[O-])cc1C(=O)N1CCCCCC1CO. The summed E-state index contributed by atoms with van der Waals surface area (Å²) in [6, 6.07) is 0.864. The molecule has 0 aromatic carbocycles. The molecule has 1 atom stereocenters. The highest BCUT2D eigenvalue weighted by Crippen LogP contribution is 2.23. The van der Waals surface area contributed by atoms with E-state index in [0.717, 1.165) is 31.5 Å². The van der Waals surface area contributed by atoms with Crippen LogP contribution in [0, 0.1) is 10.1 Å². The predicted molar refractivity (Wildman–Crippen MR) is 75.7 cm³/mol. The zero-order chi connectivity index (χ0) is 15.4. The van der Waals surface area contributed by atoms with E-state index in [-0.39, 0.29) is 29.7 Å². The maximum Gasteiger partial charge on any atom is 0.288 e. The van der Waals surface area contributed by atoms with Crippen LogP contribution in [0.25, 0.3) is 0 Å². The van der Waals surface area contributed by atoms with E-state index < -0.39 is 10.8 Å². The Balaban J connectivity index is 2.33. The molecule has 21 heavy (non-hydrogen) atoms. The Labute approximate surface area is 121 Å². The Morgan fingerprint density at radius 3 is 2.95 bits per heavy atom. The van der Waals surface area contributed by atoms with Gasteiger partial charge in [-0.25, -0.2) is 4.98 Å². The summed E-state index contributed by atoms with van der Waals surface area (Å²) in [7, 11) is 0. The third-order valence-electron chi connectivity index (χ3n) is 3.69. The monoisotopic (exact) mass is 294 g/mol. The van der Waals surface area contributed by atoms with Gasteiger partial charge in [-0.3, -0.25) is 14.9 Å². The van der Waals surface area contributed by atoms with Crippen LogP contribution >= 0.6 is 0 Å². The minimum Gasteiger partial charge on any atom is -0.394 e. The second-order valence-electron chi connectivity index (χ2n) is 5.07. The molecule has 1 aromatic rings. The fraction of sp³-hybridized carbons (Fsp3) is 0.538. The second-order valence-corrected chi connectivity index (χ2v) is 5.07. The number of carbonyl (C=O) groups excluding carboxylic acids is 1. The first-order chi connectivity index (χ1) is 10.0. The zero-order valence-electron chi connectivity index (χ0n) is 11.6. The van der Waals surface area contributed by atoms with Crippen LogP contribution in [-0.4, -0.2) is 45.0 Å². The van der Waals surface area contributed by atoms with Gasteiger partial charge in [0.05, 0.1) is 23.1 Å². The third kappa shape index (κ3) is 3.27. The molecule has 1 aliphatic rings. The van der Waals surface area contributed by atoms with Crippen LogP contribution < -0.4 is 5.73 Å². The van der Waals surface area contributed by atoms with E-state index in [1.54, 1.807) is 4.90 Å². The fourth-order valence-corrected chi connectivity index (χ4v) is 2.52. The van der Waals surface area contributed by atoms with Gasteiger partial charge in [-0.15, -0.1) is 0 Å². The number of hydrogen-bond donors (Lipinski definition) is 2. The lowest BCUT2D eigenvalue weighted by molar-refractivity contribution is -0.385. The molecule has 1 amide bonds. The minimum atomic E-state index is -0.616. The normalized spacial score (nSPS) is 19.1. The van der Waals surface area contributed by atoms with E-state index in [1.807, 2.05) is 0 Å². The number of aromatic nitrogens is 1. The summed E-state index contributed by atoms with van der Waals surface area (Å²) in [5, 5.41) is 20.2. The van der Waals surface area contributed by atoms with Crippen LogP contribution in [0.1, 0.15) is 36.0 Å². The van der Waals surface area contributed by atoms with Crippen LogP contribution in [-0.2, 0) is 0 Å². The number of carbonyl (C=O) groups is 1. The lowest BCUT2D eigenvalue weighted by atomic mass is 10.1. The number of nitrogen functional groups attached to an aromatic ring is 1. The Kier molecular flexibility index (Phi) is 4.69. The summed E-state index contributed by atoms with van der Waals surface area (Å²) in [5.41, 5.74) is 5.42. The second kappa shape index (κ2) is 6.49. The first kappa shape index (κ1) is 15.2. The maximum absolute atomic E-state index is 12.6. The van der Waals surface area contributed by atoms with Gasteiger partial charge >= 0.3 is 0 Å². The van der Waals surface area contributed by atoms with Crippen molar-refractivity contribution < 1.29 is 14.8 Å². The molecule has 0 spiro atoms. The predicted octanol–water partition coefficient (Wildman–Crippen LogP) is 0.949. The molecule has 0 bridgehead atoms. The van der Waals surface area contributed by atoms with Gasteiger partial charge in [0, 0.05) is 12.6 Å². The zero-order valence-corrected chi connectivity index (χ0v) is 11.6. The Hall–Kier alpha value is -2.22. The van der Waals surface area contributed by atoms with Crippen molar-refractivity contribution in [3.05, 3.63) is 27.9 Å². The van der Waals surface area contributed by atoms with Crippen molar-refractivity contribution in [3.63, 3.8) is 0 Å². The number of likely N-dealkylation sites (tertiary alicyclic amines) is 1. The summed E-state index contributed by atoms with van der Waals surface area (Å²) in [6.07, 6.45) is 4.51. The van der Waals surface area contributed by atoms with Crippen LogP contribution in [0.2, 0.25) is 0 Å². The van der Waals surface area contributed by atoms with Crippen molar-refractivity contribution >= 4 is 17.4 Å². The van der Waals surface area contributed by atoms with Gasteiger partial charge < -0.3 is 15.7 Å². The molecule has 3 N–H and O–H groups in total. The van der Waals surface area contributed by atoms with Gasteiger partial charge in [0.25, 0.3) is 11.6 Å². The van der Waals surface area contributed by atoms with Crippen LogP contribution in [0.5, 0.6) is 0 Å². The van der Waals surface area contributed by atoms with Crippen molar-refractivity contribution in [2.75, 3.05) is 18.9 Å². The van der Waals surface area contributed by atoms with Gasteiger partial charge in [0.2, 0.25) is 0 Å². The van der Waals surface area contributed by atoms with Gasteiger partial charge in [0.1, 0.15) is 12.0 Å². The highest BCUT2D eigenvalue weighted by atomic mass is 16.6. The van der Waals surface area contributed by atoms with E-state index >= 15 is 0 Å². The Morgan fingerprint density at radius 1 is 1.52 bits per heavy atom. The van der Waals surface area contributed by atoms with E-state index in [1.165, 1.54) is 0 Å². The molecule has 0 aliphatic carbocycles. The fourth-order valence-electron chi connectivity index (χ4n) is 2.52. The molecule has 1 unspecified atom stereocenters. The molecule has 1 saturated heterocycles. The number of nitro groups is 1. The highest BCUT2D eigenvalue weighted by molar-refractivity contribution is 5.99. The van der Waals surface area contributed by atoms with Crippen molar-refractivity contribution in [2.45, 2.75) is 31.7 Å². The molecular formula is C13H18N4O4. The smallest absolute Gasteiger partial charge is 0.288 e. The molecule has 8 heteroatoms.